The third-order valence-corrected chi connectivity index (χ3v) is 8.92. The van der Waals surface area contributed by atoms with Crippen molar-refractivity contribution < 1.29 is 19.1 Å². The number of carbonyl (C=O) groups is 3. The molecule has 2 saturated heterocycles. The Morgan fingerprint density at radius 3 is 2.56 bits per heavy atom. The van der Waals surface area contributed by atoms with Gasteiger partial charge in [0, 0.05) is 81.7 Å². The number of amides is 3. The Kier molecular flexibility index (Phi) is 6.72. The summed E-state index contributed by atoms with van der Waals surface area (Å²) in [6.45, 7) is 3.64. The smallest absolute Gasteiger partial charge is 0.273 e. The van der Waals surface area contributed by atoms with Gasteiger partial charge in [-0.15, -0.1) is 10.2 Å². The molecule has 222 valence electrons. The molecule has 1 aromatic carbocycles. The summed E-state index contributed by atoms with van der Waals surface area (Å²) in [5, 5.41) is 17.0. The highest BCUT2D eigenvalue weighted by Crippen LogP contribution is 2.45. The largest absolute Gasteiger partial charge is 0.381 e. The van der Waals surface area contributed by atoms with Crippen molar-refractivity contribution in [2.75, 3.05) is 55.9 Å². The molecule has 1 spiro atoms. The molecule has 0 radical (unpaired) electrons. The number of hydrogen-bond acceptors (Lipinski definition) is 9. The van der Waals surface area contributed by atoms with Crippen molar-refractivity contribution >= 4 is 40.6 Å². The number of aromatic nitrogens is 3. The summed E-state index contributed by atoms with van der Waals surface area (Å²) in [6, 6.07) is 9.43. The van der Waals surface area contributed by atoms with Crippen molar-refractivity contribution in [2.45, 2.75) is 32.2 Å². The third-order valence-electron chi connectivity index (χ3n) is 8.92. The van der Waals surface area contributed by atoms with Crippen molar-refractivity contribution in [2.24, 2.45) is 11.3 Å². The highest BCUT2D eigenvalue weighted by atomic mass is 16.5. The number of rotatable bonds is 6. The number of anilines is 4. The van der Waals surface area contributed by atoms with Crippen molar-refractivity contribution in [1.29, 1.82) is 0 Å². The fraction of sp³-hybridized carbons (Fsp3) is 0.419. The van der Waals surface area contributed by atoms with Gasteiger partial charge in [-0.25, -0.2) is 0 Å². The van der Waals surface area contributed by atoms with E-state index in [0.717, 1.165) is 80.1 Å². The number of fused-ring (bicyclic) bond motifs is 3. The number of hydrogen-bond donors (Lipinski definition) is 3. The molecule has 3 fully saturated rings. The molecule has 0 atom stereocenters. The Hall–Kier alpha value is -4.58. The van der Waals surface area contributed by atoms with Crippen LogP contribution in [0.25, 0.3) is 11.1 Å². The fourth-order valence-electron chi connectivity index (χ4n) is 6.34. The van der Waals surface area contributed by atoms with E-state index in [1.54, 1.807) is 12.3 Å². The van der Waals surface area contributed by atoms with Gasteiger partial charge in [-0.3, -0.25) is 19.4 Å². The maximum Gasteiger partial charge on any atom is 0.273 e. The Labute approximate surface area is 249 Å². The molecular weight excluding hydrogens is 548 g/mol. The van der Waals surface area contributed by atoms with Gasteiger partial charge in [0.05, 0.1) is 17.1 Å². The lowest BCUT2D eigenvalue weighted by atomic mass is 9.73. The molecule has 3 aliphatic heterocycles. The van der Waals surface area contributed by atoms with E-state index in [1.165, 1.54) is 7.05 Å². The molecule has 0 unspecified atom stereocenters. The van der Waals surface area contributed by atoms with Crippen LogP contribution in [0.3, 0.4) is 0 Å². The fourth-order valence-corrected chi connectivity index (χ4v) is 6.34. The normalized spacial score (nSPS) is 18.3. The molecule has 1 aliphatic carbocycles. The van der Waals surface area contributed by atoms with Crippen LogP contribution >= 0.6 is 0 Å². The van der Waals surface area contributed by atoms with Crippen LogP contribution in [-0.2, 0) is 16.1 Å². The topological polar surface area (TPSA) is 142 Å². The SMILES string of the molecule is CNC(=O)c1nnc(NC(=O)C2CC2)cc1Nc1cccc2c1N(C)Cc1cc(C(=O)N3CC4(CCOCC4)C3)ncc1-2. The van der Waals surface area contributed by atoms with Crippen LogP contribution in [0.5, 0.6) is 0 Å². The number of carbonyl (C=O) groups excluding carboxylic acids is 3. The lowest BCUT2D eigenvalue weighted by molar-refractivity contribution is -0.117. The zero-order valence-corrected chi connectivity index (χ0v) is 24.3. The van der Waals surface area contributed by atoms with Crippen LogP contribution in [0.2, 0.25) is 0 Å². The van der Waals surface area contributed by atoms with Crippen molar-refractivity contribution in [3.63, 3.8) is 0 Å². The van der Waals surface area contributed by atoms with Crippen molar-refractivity contribution in [1.82, 2.24) is 25.4 Å². The zero-order valence-electron chi connectivity index (χ0n) is 24.3. The van der Waals surface area contributed by atoms with Crippen LogP contribution < -0.4 is 20.9 Å². The van der Waals surface area contributed by atoms with Gasteiger partial charge in [0.15, 0.2) is 11.5 Å². The van der Waals surface area contributed by atoms with Crippen LogP contribution in [0.15, 0.2) is 36.5 Å². The lowest BCUT2D eigenvalue weighted by Gasteiger charge is -2.52. The molecule has 2 aromatic heterocycles. The molecular formula is C31H34N8O4. The van der Waals surface area contributed by atoms with Crippen LogP contribution in [0, 0.1) is 11.3 Å². The number of benzene rings is 1. The molecule has 5 heterocycles. The van der Waals surface area contributed by atoms with Crippen LogP contribution in [0.4, 0.5) is 22.9 Å². The number of pyridine rings is 1. The van der Waals surface area contributed by atoms with Gasteiger partial charge in [0.2, 0.25) is 5.91 Å². The first kappa shape index (κ1) is 27.3. The van der Waals surface area contributed by atoms with Crippen molar-refractivity contribution in [3.8, 4) is 11.1 Å². The van der Waals surface area contributed by atoms with E-state index >= 15 is 0 Å². The van der Waals surface area contributed by atoms with Gasteiger partial charge < -0.3 is 30.5 Å². The van der Waals surface area contributed by atoms with Gasteiger partial charge in [-0.1, -0.05) is 12.1 Å². The predicted octanol–water partition coefficient (Wildman–Crippen LogP) is 3.19. The van der Waals surface area contributed by atoms with E-state index < -0.39 is 5.91 Å². The van der Waals surface area contributed by atoms with Gasteiger partial charge >= 0.3 is 0 Å². The molecule has 3 amide bonds. The molecule has 0 bridgehead atoms. The second kappa shape index (κ2) is 10.6. The van der Waals surface area contributed by atoms with Gasteiger partial charge in [0.25, 0.3) is 11.8 Å². The second-order valence-corrected chi connectivity index (χ2v) is 12.0. The van der Waals surface area contributed by atoms with E-state index in [2.05, 4.69) is 36.0 Å². The molecule has 12 heteroatoms. The Bertz CT molecular complexity index is 1620. The van der Waals surface area contributed by atoms with Crippen LogP contribution in [0.1, 0.15) is 52.2 Å². The van der Waals surface area contributed by atoms with E-state index in [0.29, 0.717) is 17.9 Å². The van der Waals surface area contributed by atoms with Gasteiger partial charge in [-0.2, -0.15) is 0 Å². The Morgan fingerprint density at radius 2 is 1.81 bits per heavy atom. The summed E-state index contributed by atoms with van der Waals surface area (Å²) >= 11 is 0. The minimum atomic E-state index is -0.398. The molecule has 4 aliphatic rings. The third kappa shape index (κ3) is 5.05. The summed E-state index contributed by atoms with van der Waals surface area (Å²) in [5.74, 6) is -0.235. The molecule has 43 heavy (non-hydrogen) atoms. The molecule has 3 aromatic rings. The maximum atomic E-state index is 13.3. The van der Waals surface area contributed by atoms with E-state index in [4.69, 9.17) is 4.74 Å². The number of nitrogens with one attached hydrogen (secondary N) is 3. The maximum absolute atomic E-state index is 13.3. The van der Waals surface area contributed by atoms with E-state index in [-0.39, 0.29) is 34.7 Å². The summed E-state index contributed by atoms with van der Waals surface area (Å²) in [6.07, 6.45) is 5.53. The first-order valence-corrected chi connectivity index (χ1v) is 14.7. The predicted molar refractivity (Wildman–Crippen MR) is 160 cm³/mol. The quantitative estimate of drug-likeness (QED) is 0.400. The zero-order chi connectivity index (χ0) is 29.7. The number of nitrogens with zero attached hydrogens (tertiary/aromatic N) is 5. The first-order chi connectivity index (χ1) is 20.8. The van der Waals surface area contributed by atoms with Gasteiger partial charge in [0.1, 0.15) is 5.69 Å². The number of likely N-dealkylation sites (tertiary alicyclic amines) is 1. The lowest BCUT2D eigenvalue weighted by Crippen LogP contribution is -2.60. The van der Waals surface area contributed by atoms with Crippen molar-refractivity contribution in [3.05, 3.63) is 53.5 Å². The van der Waals surface area contributed by atoms with E-state index in [1.807, 2.05) is 36.2 Å². The minimum absolute atomic E-state index is 0.00522. The minimum Gasteiger partial charge on any atom is -0.381 e. The Morgan fingerprint density at radius 1 is 1.02 bits per heavy atom. The van der Waals surface area contributed by atoms with Crippen LogP contribution in [-0.4, -0.2) is 78.2 Å². The molecule has 1 saturated carbocycles. The average Bonchev–Trinajstić information content (AvgIpc) is 3.85. The number of para-hydroxylation sites is 1. The summed E-state index contributed by atoms with van der Waals surface area (Å²) < 4.78 is 5.51. The first-order valence-electron chi connectivity index (χ1n) is 14.7. The molecule has 7 rings (SSSR count). The summed E-state index contributed by atoms with van der Waals surface area (Å²) in [7, 11) is 3.52. The monoisotopic (exact) mass is 582 g/mol. The van der Waals surface area contributed by atoms with Gasteiger partial charge in [-0.05, 0) is 43.4 Å². The van der Waals surface area contributed by atoms with E-state index in [9.17, 15) is 14.4 Å². The highest BCUT2D eigenvalue weighted by molar-refractivity contribution is 6.01. The Balaban J connectivity index is 1.16. The average molecular weight is 583 g/mol. The molecule has 3 N–H and O–H groups in total. The summed E-state index contributed by atoms with van der Waals surface area (Å²) in [5.41, 5.74) is 5.81. The summed E-state index contributed by atoms with van der Waals surface area (Å²) in [4.78, 5) is 46.9. The highest BCUT2D eigenvalue weighted by Gasteiger charge is 2.46. The standard InChI is InChI=1S/C31H34N8O4/c1-32-29(41)26-23(13-25(36-37-26)35-28(40)18-6-7-18)34-22-5-3-4-20-21-14-33-24(12-19(21)15-38(2)27(20)22)30(42)39-16-31(17-39)8-10-43-11-9-31/h3-5,12-14,18H,6-11,15-17H2,1-2H3,(H,32,41)(H2,34,35,36,40). The second-order valence-electron chi connectivity index (χ2n) is 12.0. The number of ether oxygens (including phenoxy) is 1. The molecule has 12 nitrogen and oxygen atoms in total.